The van der Waals surface area contributed by atoms with E-state index in [-0.39, 0.29) is 5.54 Å². The van der Waals surface area contributed by atoms with Crippen LogP contribution in [0.15, 0.2) is 45.4 Å². The van der Waals surface area contributed by atoms with Gasteiger partial charge in [0.2, 0.25) is 0 Å². The largest absolute Gasteiger partial charge is 0.361 e. The van der Waals surface area contributed by atoms with Crippen molar-refractivity contribution in [1.82, 2.24) is 10.2 Å². The number of fused-ring (bicyclic) bond motifs is 2. The van der Waals surface area contributed by atoms with Crippen molar-refractivity contribution in [1.29, 1.82) is 0 Å². The molecular formula is C17H20N4S2. The summed E-state index contributed by atoms with van der Waals surface area (Å²) in [5.74, 6) is 0.935. The molecule has 1 N–H and O–H groups in total. The molecule has 4 nitrogen and oxygen atoms in total. The van der Waals surface area contributed by atoms with Crippen LogP contribution in [-0.4, -0.2) is 33.1 Å². The summed E-state index contributed by atoms with van der Waals surface area (Å²) in [6.07, 6.45) is 0. The van der Waals surface area contributed by atoms with Gasteiger partial charge in [0.15, 0.2) is 10.3 Å². The van der Waals surface area contributed by atoms with Crippen LogP contribution >= 0.6 is 23.5 Å². The molecule has 0 atom stereocenters. The van der Waals surface area contributed by atoms with Crippen molar-refractivity contribution in [2.45, 2.75) is 32.5 Å². The fourth-order valence-electron chi connectivity index (χ4n) is 2.93. The summed E-state index contributed by atoms with van der Waals surface area (Å²) in [5.41, 5.74) is 4.04. The van der Waals surface area contributed by atoms with Gasteiger partial charge in [0.25, 0.3) is 0 Å². The predicted octanol–water partition coefficient (Wildman–Crippen LogP) is 3.42. The van der Waals surface area contributed by atoms with E-state index in [4.69, 9.17) is 9.98 Å². The minimum absolute atomic E-state index is 0.0340. The van der Waals surface area contributed by atoms with E-state index < -0.39 is 0 Å². The van der Waals surface area contributed by atoms with Crippen LogP contribution in [0, 0.1) is 0 Å². The molecule has 1 aromatic rings. The highest BCUT2D eigenvalue weighted by atomic mass is 32.2. The quantitative estimate of drug-likeness (QED) is 0.892. The van der Waals surface area contributed by atoms with Gasteiger partial charge in [-0.2, -0.15) is 0 Å². The second-order valence-electron chi connectivity index (χ2n) is 6.55. The lowest BCUT2D eigenvalue weighted by Gasteiger charge is -2.20. The lowest BCUT2D eigenvalue weighted by Crippen LogP contribution is -2.30. The van der Waals surface area contributed by atoms with Crippen molar-refractivity contribution in [3.8, 4) is 0 Å². The molecule has 120 valence electrons. The molecule has 1 aromatic carbocycles. The van der Waals surface area contributed by atoms with Gasteiger partial charge >= 0.3 is 0 Å². The van der Waals surface area contributed by atoms with Crippen LogP contribution in [0.3, 0.4) is 0 Å². The Morgan fingerprint density at radius 2 is 2.13 bits per heavy atom. The Morgan fingerprint density at radius 1 is 1.30 bits per heavy atom. The fraction of sp³-hybridized carbons (Fsp3) is 0.412. The van der Waals surface area contributed by atoms with Gasteiger partial charge in [-0.05, 0) is 30.4 Å². The highest BCUT2D eigenvalue weighted by Crippen LogP contribution is 2.36. The molecule has 23 heavy (non-hydrogen) atoms. The van der Waals surface area contributed by atoms with Gasteiger partial charge in [0.05, 0.1) is 12.1 Å². The third-order valence-electron chi connectivity index (χ3n) is 4.12. The molecule has 0 unspecified atom stereocenters. The normalized spacial score (nSPS) is 21.7. The first kappa shape index (κ1) is 15.1. The van der Waals surface area contributed by atoms with E-state index in [1.165, 1.54) is 16.8 Å². The Labute approximate surface area is 145 Å². The van der Waals surface area contributed by atoms with Crippen LogP contribution in [0.1, 0.15) is 25.0 Å². The molecule has 0 aromatic heterocycles. The lowest BCUT2D eigenvalue weighted by molar-refractivity contribution is 0.436. The van der Waals surface area contributed by atoms with Crippen molar-refractivity contribution in [2.75, 3.05) is 12.3 Å². The zero-order valence-electron chi connectivity index (χ0n) is 13.4. The smallest absolute Gasteiger partial charge is 0.168 e. The maximum Gasteiger partial charge on any atom is 0.168 e. The number of thioether (sulfide) groups is 2. The molecule has 6 heteroatoms. The molecule has 0 fully saturated rings. The van der Waals surface area contributed by atoms with Gasteiger partial charge in [-0.3, -0.25) is 9.98 Å². The van der Waals surface area contributed by atoms with Crippen LogP contribution in [0.5, 0.6) is 0 Å². The number of aliphatic imine (C=N–C) groups is 2. The number of amidine groups is 2. The summed E-state index contributed by atoms with van der Waals surface area (Å²) in [4.78, 5) is 11.8. The molecule has 0 amide bonds. The summed E-state index contributed by atoms with van der Waals surface area (Å²) >= 11 is 3.53. The molecule has 0 saturated heterocycles. The number of nitrogens with zero attached hydrogens (tertiary/aromatic N) is 3. The number of nitrogens with one attached hydrogen (secondary N) is 1. The molecule has 0 aliphatic carbocycles. The van der Waals surface area contributed by atoms with Crippen LogP contribution in [0.4, 0.5) is 0 Å². The van der Waals surface area contributed by atoms with Gasteiger partial charge in [-0.15, -0.1) is 0 Å². The Morgan fingerprint density at radius 3 is 3.00 bits per heavy atom. The Kier molecular flexibility index (Phi) is 3.89. The van der Waals surface area contributed by atoms with Crippen LogP contribution in [0.2, 0.25) is 0 Å². The van der Waals surface area contributed by atoms with Crippen molar-refractivity contribution >= 4 is 33.9 Å². The standard InChI is InChI=1S/C17H20N4S2/c1-17(2)11-21-14(10-23-16(21)20-17)9-22-15-18-7-12-5-3-4-6-13(12)8-19-15/h3-6,10H,7-9,11H2,1-2H3,(H,18,19). The Hall–Kier alpha value is -1.40. The van der Waals surface area contributed by atoms with Gasteiger partial charge in [-0.25, -0.2) is 0 Å². The first-order valence-electron chi connectivity index (χ1n) is 7.82. The Bertz CT molecular complexity index is 721. The van der Waals surface area contributed by atoms with Gasteiger partial charge in [-0.1, -0.05) is 47.8 Å². The summed E-state index contributed by atoms with van der Waals surface area (Å²) in [7, 11) is 0. The maximum absolute atomic E-state index is 4.77. The van der Waals surface area contributed by atoms with Crippen molar-refractivity contribution in [2.24, 2.45) is 9.98 Å². The first-order valence-corrected chi connectivity index (χ1v) is 9.68. The highest BCUT2D eigenvalue weighted by Gasteiger charge is 2.36. The van der Waals surface area contributed by atoms with E-state index in [1.807, 2.05) is 0 Å². The monoisotopic (exact) mass is 344 g/mol. The van der Waals surface area contributed by atoms with Crippen molar-refractivity contribution in [3.05, 3.63) is 46.5 Å². The lowest BCUT2D eigenvalue weighted by atomic mass is 10.1. The number of hydrogen-bond acceptors (Lipinski definition) is 6. The van der Waals surface area contributed by atoms with Crippen LogP contribution in [0.25, 0.3) is 0 Å². The average Bonchev–Trinajstić information content (AvgIpc) is 2.93. The molecule has 0 saturated carbocycles. The summed E-state index contributed by atoms with van der Waals surface area (Å²) in [6.45, 7) is 6.99. The van der Waals surface area contributed by atoms with E-state index in [0.717, 1.165) is 35.7 Å². The van der Waals surface area contributed by atoms with Crippen LogP contribution in [-0.2, 0) is 13.1 Å². The third kappa shape index (κ3) is 3.15. The van der Waals surface area contributed by atoms with E-state index in [1.54, 1.807) is 23.5 Å². The summed E-state index contributed by atoms with van der Waals surface area (Å²) in [6, 6.07) is 8.52. The van der Waals surface area contributed by atoms with Crippen molar-refractivity contribution in [3.63, 3.8) is 0 Å². The molecule has 3 heterocycles. The zero-order chi connectivity index (χ0) is 15.9. The van der Waals surface area contributed by atoms with E-state index in [9.17, 15) is 0 Å². The molecule has 0 radical (unpaired) electrons. The van der Waals surface area contributed by atoms with Crippen molar-refractivity contribution < 1.29 is 0 Å². The average molecular weight is 345 g/mol. The number of benzene rings is 1. The second-order valence-corrected chi connectivity index (χ2v) is 8.35. The van der Waals surface area contributed by atoms with E-state index in [2.05, 4.69) is 53.7 Å². The van der Waals surface area contributed by atoms with Crippen LogP contribution < -0.4 is 5.32 Å². The zero-order valence-corrected chi connectivity index (χ0v) is 15.0. The number of rotatable bonds is 2. The maximum atomic E-state index is 4.77. The molecule has 3 aliphatic rings. The third-order valence-corrected chi connectivity index (χ3v) is 6.02. The second kappa shape index (κ2) is 5.91. The molecule has 0 bridgehead atoms. The van der Waals surface area contributed by atoms with Gasteiger partial charge < -0.3 is 10.2 Å². The fourth-order valence-corrected chi connectivity index (χ4v) is 4.95. The minimum Gasteiger partial charge on any atom is -0.361 e. The van der Waals surface area contributed by atoms with Gasteiger partial charge in [0, 0.05) is 24.5 Å². The molecule has 3 aliphatic heterocycles. The van der Waals surface area contributed by atoms with E-state index >= 15 is 0 Å². The highest BCUT2D eigenvalue weighted by molar-refractivity contribution is 8.17. The Balaban J connectivity index is 1.38. The minimum atomic E-state index is 0.0340. The summed E-state index contributed by atoms with van der Waals surface area (Å²) in [5, 5.41) is 7.88. The first-order chi connectivity index (χ1) is 11.1. The topological polar surface area (TPSA) is 40.0 Å². The predicted molar refractivity (Wildman–Crippen MR) is 101 cm³/mol. The van der Waals surface area contributed by atoms with Gasteiger partial charge in [0.1, 0.15) is 0 Å². The summed E-state index contributed by atoms with van der Waals surface area (Å²) < 4.78 is 0. The molecular weight excluding hydrogens is 324 g/mol. The SMILES string of the molecule is CC1(C)CN2C(CSC3=NCc4ccccc4CN3)=CSC2=N1. The van der Waals surface area contributed by atoms with E-state index in [0.29, 0.717) is 0 Å². The molecule has 0 spiro atoms. The molecule has 4 rings (SSSR count). The number of hydrogen-bond donors (Lipinski definition) is 1.